The van der Waals surface area contributed by atoms with Crippen LogP contribution in [0.1, 0.15) is 42.6 Å². The van der Waals surface area contributed by atoms with Crippen LogP contribution in [0.4, 0.5) is 0 Å². The number of aromatic nitrogens is 3. The van der Waals surface area contributed by atoms with Crippen LogP contribution in [0.3, 0.4) is 0 Å². The van der Waals surface area contributed by atoms with Gasteiger partial charge in [0, 0.05) is 19.5 Å². The van der Waals surface area contributed by atoms with Crippen molar-refractivity contribution in [2.24, 2.45) is 0 Å². The van der Waals surface area contributed by atoms with Crippen molar-refractivity contribution >= 4 is 5.91 Å². The molecular weight excluding hydrogens is 230 g/mol. The zero-order valence-electron chi connectivity index (χ0n) is 11.9. The van der Waals surface area contributed by atoms with Gasteiger partial charge < -0.3 is 9.80 Å². The number of rotatable bonds is 6. The molecule has 1 aromatic rings. The van der Waals surface area contributed by atoms with E-state index < -0.39 is 0 Å². The highest BCUT2D eigenvalue weighted by atomic mass is 16.2. The van der Waals surface area contributed by atoms with Crippen LogP contribution >= 0.6 is 0 Å². The first-order chi connectivity index (χ1) is 8.41. The molecule has 0 radical (unpaired) electrons. The number of hydrogen-bond donors (Lipinski definition) is 1. The van der Waals surface area contributed by atoms with Crippen molar-refractivity contribution in [2.75, 3.05) is 34.2 Å². The van der Waals surface area contributed by atoms with Crippen molar-refractivity contribution in [3.63, 3.8) is 0 Å². The predicted octanol–water partition coefficient (Wildman–Crippen LogP) is 0.952. The molecule has 1 amide bonds. The molecule has 0 aliphatic heterocycles. The Labute approximate surface area is 108 Å². The molecule has 102 valence electrons. The maximum absolute atomic E-state index is 12.0. The summed E-state index contributed by atoms with van der Waals surface area (Å²) < 4.78 is 0. The molecule has 0 aliphatic carbocycles. The third-order valence-electron chi connectivity index (χ3n) is 2.69. The first-order valence-corrected chi connectivity index (χ1v) is 6.24. The molecule has 0 aliphatic rings. The molecule has 0 saturated carbocycles. The zero-order chi connectivity index (χ0) is 13.7. The van der Waals surface area contributed by atoms with Crippen molar-refractivity contribution in [3.05, 3.63) is 11.6 Å². The molecule has 1 rings (SSSR count). The van der Waals surface area contributed by atoms with Gasteiger partial charge in [-0.3, -0.25) is 9.89 Å². The Bertz CT molecular complexity index is 386. The lowest BCUT2D eigenvalue weighted by Crippen LogP contribution is -2.30. The summed E-state index contributed by atoms with van der Waals surface area (Å²) in [5.41, 5.74) is 0. The standard InChI is InChI=1S/C12H23N5O/c1-9(2)10-13-11(15-14-10)12(18)17(5)8-6-7-16(3)4/h9H,6-8H2,1-5H3,(H,13,14,15). The average molecular weight is 253 g/mol. The summed E-state index contributed by atoms with van der Waals surface area (Å²) in [6.45, 7) is 5.69. The summed E-state index contributed by atoms with van der Waals surface area (Å²) >= 11 is 0. The molecule has 0 atom stereocenters. The Morgan fingerprint density at radius 3 is 2.44 bits per heavy atom. The molecule has 1 heterocycles. The Morgan fingerprint density at radius 1 is 1.28 bits per heavy atom. The minimum atomic E-state index is -0.128. The van der Waals surface area contributed by atoms with Crippen LogP contribution in [0.25, 0.3) is 0 Å². The minimum absolute atomic E-state index is 0.128. The van der Waals surface area contributed by atoms with Gasteiger partial charge in [-0.25, -0.2) is 4.98 Å². The largest absolute Gasteiger partial charge is 0.339 e. The second-order valence-electron chi connectivity index (χ2n) is 5.08. The van der Waals surface area contributed by atoms with Crippen molar-refractivity contribution in [3.8, 4) is 0 Å². The minimum Gasteiger partial charge on any atom is -0.339 e. The number of carbonyl (C=O) groups is 1. The van der Waals surface area contributed by atoms with Gasteiger partial charge in [0.1, 0.15) is 5.82 Å². The Morgan fingerprint density at radius 2 is 1.94 bits per heavy atom. The second kappa shape index (κ2) is 6.49. The van der Waals surface area contributed by atoms with Crippen LogP contribution in [0, 0.1) is 0 Å². The average Bonchev–Trinajstić information content (AvgIpc) is 2.76. The monoisotopic (exact) mass is 253 g/mol. The molecule has 6 nitrogen and oxygen atoms in total. The van der Waals surface area contributed by atoms with E-state index in [1.165, 1.54) is 0 Å². The Balaban J connectivity index is 2.52. The summed E-state index contributed by atoms with van der Waals surface area (Å²) in [7, 11) is 5.82. The van der Waals surface area contributed by atoms with Crippen LogP contribution in [-0.4, -0.2) is 65.1 Å². The highest BCUT2D eigenvalue weighted by molar-refractivity contribution is 5.90. The predicted molar refractivity (Wildman–Crippen MR) is 70.6 cm³/mol. The van der Waals surface area contributed by atoms with Crippen LogP contribution < -0.4 is 0 Å². The van der Waals surface area contributed by atoms with E-state index in [9.17, 15) is 4.79 Å². The van der Waals surface area contributed by atoms with Crippen LogP contribution in [0.2, 0.25) is 0 Å². The molecular formula is C12H23N5O. The Kier molecular flexibility index (Phi) is 5.27. The topological polar surface area (TPSA) is 65.1 Å². The molecule has 0 unspecified atom stereocenters. The summed E-state index contributed by atoms with van der Waals surface area (Å²) in [5, 5.41) is 6.76. The lowest BCUT2D eigenvalue weighted by atomic mass is 10.2. The first kappa shape index (κ1) is 14.6. The molecule has 0 fully saturated rings. The molecule has 18 heavy (non-hydrogen) atoms. The fourth-order valence-electron chi connectivity index (χ4n) is 1.52. The number of carbonyl (C=O) groups excluding carboxylic acids is 1. The highest BCUT2D eigenvalue weighted by Gasteiger charge is 2.17. The van der Waals surface area contributed by atoms with Crippen molar-refractivity contribution < 1.29 is 4.79 Å². The number of amides is 1. The molecule has 0 saturated heterocycles. The zero-order valence-corrected chi connectivity index (χ0v) is 11.9. The number of nitrogens with one attached hydrogen (secondary N) is 1. The molecule has 1 aromatic heterocycles. The summed E-state index contributed by atoms with van der Waals surface area (Å²) in [4.78, 5) is 20.0. The van der Waals surface area contributed by atoms with E-state index in [2.05, 4.69) is 20.1 Å². The van der Waals surface area contributed by atoms with Crippen molar-refractivity contribution in [1.29, 1.82) is 0 Å². The van der Waals surface area contributed by atoms with E-state index >= 15 is 0 Å². The van der Waals surface area contributed by atoms with Gasteiger partial charge in [-0.15, -0.1) is 5.10 Å². The molecule has 6 heteroatoms. The summed E-state index contributed by atoms with van der Waals surface area (Å²) in [5.74, 6) is 1.13. The number of aromatic amines is 1. The molecule has 0 spiro atoms. The summed E-state index contributed by atoms with van der Waals surface area (Å²) in [6.07, 6.45) is 0.941. The summed E-state index contributed by atoms with van der Waals surface area (Å²) in [6, 6.07) is 0. The van der Waals surface area contributed by atoms with Crippen LogP contribution in [0.5, 0.6) is 0 Å². The smallest absolute Gasteiger partial charge is 0.293 e. The van der Waals surface area contributed by atoms with Crippen molar-refractivity contribution in [2.45, 2.75) is 26.2 Å². The SMILES string of the molecule is CC(C)c1nc(C(=O)N(C)CCCN(C)C)n[nH]1. The normalized spacial score (nSPS) is 11.3. The quantitative estimate of drug-likeness (QED) is 0.820. The van der Waals surface area contributed by atoms with Crippen LogP contribution in [-0.2, 0) is 0 Å². The maximum atomic E-state index is 12.0. The van der Waals surface area contributed by atoms with Gasteiger partial charge in [0.25, 0.3) is 5.91 Å². The molecule has 1 N–H and O–H groups in total. The van der Waals surface area contributed by atoms with E-state index in [-0.39, 0.29) is 17.6 Å². The van der Waals surface area contributed by atoms with E-state index in [0.717, 1.165) is 18.8 Å². The lowest BCUT2D eigenvalue weighted by Gasteiger charge is -2.16. The van der Waals surface area contributed by atoms with Gasteiger partial charge in [-0.1, -0.05) is 13.8 Å². The molecule has 0 bridgehead atoms. The van der Waals surface area contributed by atoms with Gasteiger partial charge >= 0.3 is 0 Å². The highest BCUT2D eigenvalue weighted by Crippen LogP contribution is 2.08. The Hall–Kier alpha value is -1.43. The van der Waals surface area contributed by atoms with E-state index in [4.69, 9.17) is 0 Å². The number of nitrogens with zero attached hydrogens (tertiary/aromatic N) is 4. The van der Waals surface area contributed by atoms with Gasteiger partial charge in [-0.05, 0) is 27.1 Å². The third kappa shape index (κ3) is 4.10. The van der Waals surface area contributed by atoms with E-state index in [0.29, 0.717) is 6.54 Å². The van der Waals surface area contributed by atoms with Gasteiger partial charge in [0.2, 0.25) is 5.82 Å². The van der Waals surface area contributed by atoms with Gasteiger partial charge in [0.05, 0.1) is 0 Å². The van der Waals surface area contributed by atoms with Crippen LogP contribution in [0.15, 0.2) is 0 Å². The first-order valence-electron chi connectivity index (χ1n) is 6.24. The fourth-order valence-corrected chi connectivity index (χ4v) is 1.52. The fraction of sp³-hybridized carbons (Fsp3) is 0.750. The maximum Gasteiger partial charge on any atom is 0.293 e. The van der Waals surface area contributed by atoms with Gasteiger partial charge in [-0.2, -0.15) is 0 Å². The van der Waals surface area contributed by atoms with Crippen molar-refractivity contribution in [1.82, 2.24) is 25.0 Å². The number of H-pyrrole nitrogens is 1. The van der Waals surface area contributed by atoms with E-state index in [1.807, 2.05) is 27.9 Å². The number of hydrogen-bond acceptors (Lipinski definition) is 4. The second-order valence-corrected chi connectivity index (χ2v) is 5.08. The third-order valence-corrected chi connectivity index (χ3v) is 2.69. The lowest BCUT2D eigenvalue weighted by molar-refractivity contribution is 0.0779. The van der Waals surface area contributed by atoms with Gasteiger partial charge in [0.15, 0.2) is 0 Å². The van der Waals surface area contributed by atoms with E-state index in [1.54, 1.807) is 11.9 Å². The molecule has 0 aromatic carbocycles.